The van der Waals surface area contributed by atoms with E-state index in [0.717, 1.165) is 23.4 Å². The van der Waals surface area contributed by atoms with Gasteiger partial charge in [0.2, 0.25) is 0 Å². The van der Waals surface area contributed by atoms with Crippen molar-refractivity contribution in [3.05, 3.63) is 34.3 Å². The van der Waals surface area contributed by atoms with Crippen molar-refractivity contribution in [2.75, 3.05) is 25.6 Å². The predicted octanol–water partition coefficient (Wildman–Crippen LogP) is 4.05. The summed E-state index contributed by atoms with van der Waals surface area (Å²) in [5, 5.41) is 6.74. The van der Waals surface area contributed by atoms with Gasteiger partial charge < -0.3 is 10.6 Å². The Kier molecular flexibility index (Phi) is 11.7. The number of aliphatic imine (C=N–C) groups is 1. The first-order chi connectivity index (χ1) is 9.19. The zero-order valence-corrected chi connectivity index (χ0v) is 16.9. The van der Waals surface area contributed by atoms with Crippen molar-refractivity contribution >= 4 is 57.6 Å². The number of benzene rings is 1. The van der Waals surface area contributed by atoms with Crippen LogP contribution in [0.1, 0.15) is 24.9 Å². The second kappa shape index (κ2) is 11.7. The van der Waals surface area contributed by atoms with Gasteiger partial charge in [-0.25, -0.2) is 0 Å². The van der Waals surface area contributed by atoms with Gasteiger partial charge in [0.1, 0.15) is 0 Å². The number of hydrogen-bond donors (Lipinski definition) is 2. The molecule has 0 aromatic heterocycles. The largest absolute Gasteiger partial charge is 0.356 e. The van der Waals surface area contributed by atoms with Crippen molar-refractivity contribution in [2.45, 2.75) is 19.4 Å². The molecule has 0 saturated heterocycles. The van der Waals surface area contributed by atoms with E-state index in [1.165, 1.54) is 11.3 Å². The molecule has 0 spiro atoms. The lowest BCUT2D eigenvalue weighted by atomic mass is 10.1. The monoisotopic (exact) mass is 471 g/mol. The summed E-state index contributed by atoms with van der Waals surface area (Å²) < 4.78 is 1.12. The molecule has 2 N–H and O–H groups in total. The Balaban J connectivity index is 0.00000361. The molecule has 1 aromatic carbocycles. The van der Waals surface area contributed by atoms with Crippen LogP contribution in [0.25, 0.3) is 0 Å². The molecule has 0 saturated carbocycles. The van der Waals surface area contributed by atoms with Crippen LogP contribution < -0.4 is 10.6 Å². The second-order valence-corrected chi connectivity index (χ2v) is 6.07. The Morgan fingerprint density at radius 2 is 2.10 bits per heavy atom. The number of rotatable bonds is 6. The maximum atomic E-state index is 4.25. The molecule has 0 fully saturated rings. The van der Waals surface area contributed by atoms with Crippen LogP contribution in [0.4, 0.5) is 0 Å². The van der Waals surface area contributed by atoms with Crippen molar-refractivity contribution in [2.24, 2.45) is 4.99 Å². The highest BCUT2D eigenvalue weighted by molar-refractivity contribution is 14.0. The molecule has 0 amide bonds. The van der Waals surface area contributed by atoms with Crippen molar-refractivity contribution < 1.29 is 0 Å². The summed E-state index contributed by atoms with van der Waals surface area (Å²) in [5.74, 6) is 2.02. The van der Waals surface area contributed by atoms with Crippen LogP contribution in [-0.2, 0) is 0 Å². The first-order valence-corrected chi connectivity index (χ1v) is 8.58. The number of hydrogen-bond acceptors (Lipinski definition) is 2. The molecular weight excluding hydrogens is 449 g/mol. The van der Waals surface area contributed by atoms with Crippen LogP contribution in [0.5, 0.6) is 0 Å². The zero-order chi connectivity index (χ0) is 14.1. The molecule has 6 heteroatoms. The Morgan fingerprint density at radius 1 is 1.40 bits per heavy atom. The molecule has 0 aliphatic carbocycles. The highest BCUT2D eigenvalue weighted by Gasteiger charge is 2.09. The third-order valence-corrected chi connectivity index (χ3v) is 4.19. The van der Waals surface area contributed by atoms with Crippen LogP contribution in [0.3, 0.4) is 0 Å². The van der Waals surface area contributed by atoms with Gasteiger partial charge in [-0.05, 0) is 37.0 Å². The summed E-state index contributed by atoms with van der Waals surface area (Å²) in [5.41, 5.74) is 1.23. The lowest BCUT2D eigenvalue weighted by Crippen LogP contribution is -2.39. The lowest BCUT2D eigenvalue weighted by Gasteiger charge is -2.19. The summed E-state index contributed by atoms with van der Waals surface area (Å²) in [7, 11) is 1.80. The first kappa shape index (κ1) is 20.1. The second-order valence-electron chi connectivity index (χ2n) is 4.23. The third kappa shape index (κ3) is 7.17. The van der Waals surface area contributed by atoms with E-state index in [0.29, 0.717) is 0 Å². The molecule has 1 aromatic rings. The van der Waals surface area contributed by atoms with Crippen molar-refractivity contribution in [3.63, 3.8) is 0 Å². The zero-order valence-electron chi connectivity index (χ0n) is 12.1. The third-order valence-electron chi connectivity index (χ3n) is 2.77. The fourth-order valence-electron chi connectivity index (χ4n) is 1.73. The Hall–Kier alpha value is 0.0500. The smallest absolute Gasteiger partial charge is 0.191 e. The van der Waals surface area contributed by atoms with Gasteiger partial charge in [0, 0.05) is 18.1 Å². The molecule has 1 rings (SSSR count). The van der Waals surface area contributed by atoms with E-state index in [-0.39, 0.29) is 30.0 Å². The van der Waals surface area contributed by atoms with E-state index in [2.05, 4.69) is 56.9 Å². The van der Waals surface area contributed by atoms with Gasteiger partial charge in [0.25, 0.3) is 0 Å². The van der Waals surface area contributed by atoms with E-state index in [1.807, 2.05) is 23.9 Å². The van der Waals surface area contributed by atoms with Crippen molar-refractivity contribution in [1.82, 2.24) is 10.6 Å². The van der Waals surface area contributed by atoms with Crippen LogP contribution in [0.2, 0.25) is 0 Å². The fourth-order valence-corrected chi connectivity index (χ4v) is 2.79. The van der Waals surface area contributed by atoms with E-state index in [9.17, 15) is 0 Å². The van der Waals surface area contributed by atoms with E-state index in [4.69, 9.17) is 0 Å². The summed E-state index contributed by atoms with van der Waals surface area (Å²) in [4.78, 5) is 4.25. The van der Waals surface area contributed by atoms with Crippen molar-refractivity contribution in [3.8, 4) is 0 Å². The quantitative estimate of drug-likeness (QED) is 0.284. The normalized spacial score (nSPS) is 12.5. The summed E-state index contributed by atoms with van der Waals surface area (Å²) in [6.07, 6.45) is 3.27. The SMILES string of the molecule is CN=C(NCCCSC)NC(C)c1ccccc1Br.I. The highest BCUT2D eigenvalue weighted by atomic mass is 127. The van der Waals surface area contributed by atoms with E-state index in [1.54, 1.807) is 7.05 Å². The average molecular weight is 472 g/mol. The molecule has 0 heterocycles. The Bertz CT molecular complexity index is 415. The van der Waals surface area contributed by atoms with Gasteiger partial charge in [-0.3, -0.25) is 4.99 Å². The molecule has 1 unspecified atom stereocenters. The molecule has 0 aliphatic rings. The van der Waals surface area contributed by atoms with Crippen LogP contribution in [0, 0.1) is 0 Å². The van der Waals surface area contributed by atoms with Crippen LogP contribution in [-0.4, -0.2) is 31.6 Å². The van der Waals surface area contributed by atoms with Crippen LogP contribution >= 0.6 is 51.7 Å². The number of nitrogens with zero attached hydrogens (tertiary/aromatic N) is 1. The standard InChI is InChI=1S/C14H22BrN3S.HI/c1-11(12-7-4-5-8-13(12)15)18-14(16-2)17-9-6-10-19-3;/h4-5,7-8,11H,6,9-10H2,1-3H3,(H2,16,17,18);1H. The molecule has 1 atom stereocenters. The minimum Gasteiger partial charge on any atom is -0.356 e. The van der Waals surface area contributed by atoms with E-state index < -0.39 is 0 Å². The Morgan fingerprint density at radius 3 is 2.70 bits per heavy atom. The summed E-state index contributed by atoms with van der Waals surface area (Å²) in [6.45, 7) is 3.08. The minimum absolute atomic E-state index is 0. The first-order valence-electron chi connectivity index (χ1n) is 6.39. The topological polar surface area (TPSA) is 36.4 Å². The molecule has 0 aliphatic heterocycles. The number of nitrogens with one attached hydrogen (secondary N) is 2. The maximum Gasteiger partial charge on any atom is 0.191 e. The summed E-state index contributed by atoms with van der Waals surface area (Å²) in [6, 6.07) is 8.45. The van der Waals surface area contributed by atoms with Gasteiger partial charge in [-0.2, -0.15) is 11.8 Å². The fraction of sp³-hybridized carbons (Fsp3) is 0.500. The van der Waals surface area contributed by atoms with Crippen molar-refractivity contribution in [1.29, 1.82) is 0 Å². The number of thioether (sulfide) groups is 1. The Labute approximate surface area is 151 Å². The molecule has 0 bridgehead atoms. The minimum atomic E-state index is 0. The molecule has 114 valence electrons. The number of halogens is 2. The van der Waals surface area contributed by atoms with Gasteiger partial charge in [-0.15, -0.1) is 24.0 Å². The molecule has 3 nitrogen and oxygen atoms in total. The predicted molar refractivity (Wildman–Crippen MR) is 105 cm³/mol. The molecular formula is C14H23BrIN3S. The number of guanidine groups is 1. The van der Waals surface area contributed by atoms with Gasteiger partial charge >= 0.3 is 0 Å². The molecule has 0 radical (unpaired) electrons. The lowest BCUT2D eigenvalue weighted by molar-refractivity contribution is 0.680. The van der Waals surface area contributed by atoms with Gasteiger partial charge in [-0.1, -0.05) is 34.1 Å². The molecule has 20 heavy (non-hydrogen) atoms. The average Bonchev–Trinajstić information content (AvgIpc) is 2.42. The summed E-state index contributed by atoms with van der Waals surface area (Å²) >= 11 is 5.45. The van der Waals surface area contributed by atoms with Crippen LogP contribution in [0.15, 0.2) is 33.7 Å². The highest BCUT2D eigenvalue weighted by Crippen LogP contribution is 2.22. The van der Waals surface area contributed by atoms with Gasteiger partial charge in [0.05, 0.1) is 6.04 Å². The van der Waals surface area contributed by atoms with Gasteiger partial charge in [0.15, 0.2) is 5.96 Å². The van der Waals surface area contributed by atoms with E-state index >= 15 is 0 Å². The maximum absolute atomic E-state index is 4.25.